The lowest BCUT2D eigenvalue weighted by molar-refractivity contribution is 0.0277. The molecule has 3 heteroatoms. The zero-order valence-corrected chi connectivity index (χ0v) is 9.55. The third-order valence-corrected chi connectivity index (χ3v) is 3.33. The van der Waals surface area contributed by atoms with Crippen LogP contribution < -0.4 is 0 Å². The number of nitrogens with zero attached hydrogens (tertiary/aromatic N) is 1. The summed E-state index contributed by atoms with van der Waals surface area (Å²) in [4.78, 5) is 2.37. The monoisotopic (exact) mass is 203 g/mol. The summed E-state index contributed by atoms with van der Waals surface area (Å²) in [5.74, 6) is 0.237. The number of halogens is 1. The molecular weight excluding hydrogens is 181 g/mol. The van der Waals surface area contributed by atoms with E-state index in [1.807, 2.05) is 0 Å². The van der Waals surface area contributed by atoms with E-state index in [4.69, 9.17) is 4.74 Å². The molecule has 14 heavy (non-hydrogen) atoms. The number of piperidine rings is 1. The second kappa shape index (κ2) is 5.08. The van der Waals surface area contributed by atoms with Gasteiger partial charge in [-0.1, -0.05) is 13.8 Å². The first-order valence-corrected chi connectivity index (χ1v) is 5.37. The molecule has 0 aromatic rings. The van der Waals surface area contributed by atoms with Gasteiger partial charge in [-0.25, -0.2) is 0 Å². The first-order chi connectivity index (χ1) is 6.60. The molecule has 0 amide bonds. The molecule has 0 saturated carbocycles. The quantitative estimate of drug-likeness (QED) is 0.692. The summed E-state index contributed by atoms with van der Waals surface area (Å²) >= 11 is 0. The Morgan fingerprint density at radius 1 is 1.50 bits per heavy atom. The highest BCUT2D eigenvalue weighted by Gasteiger charge is 2.35. The van der Waals surface area contributed by atoms with Gasteiger partial charge in [0.2, 0.25) is 0 Å². The Hall–Kier alpha value is -0.150. The standard InChI is InChI=1S/C11H22FNO/c1-11(2)9-13(6-7-14-3)5-4-10(11)8-12/h10H,4-9H2,1-3H3/t10-/m1/s1. The van der Waals surface area contributed by atoms with E-state index in [2.05, 4.69) is 18.7 Å². The molecule has 0 bridgehead atoms. The highest BCUT2D eigenvalue weighted by Crippen LogP contribution is 2.34. The van der Waals surface area contributed by atoms with Crippen molar-refractivity contribution in [2.24, 2.45) is 11.3 Å². The molecule has 2 nitrogen and oxygen atoms in total. The van der Waals surface area contributed by atoms with Gasteiger partial charge in [-0.2, -0.15) is 0 Å². The van der Waals surface area contributed by atoms with Gasteiger partial charge in [-0.05, 0) is 24.3 Å². The molecule has 0 aromatic carbocycles. The lowest BCUT2D eigenvalue weighted by Crippen LogP contribution is -2.47. The molecule has 0 aromatic heterocycles. The predicted octanol–water partition coefficient (Wildman–Crippen LogP) is 1.95. The van der Waals surface area contributed by atoms with Crippen molar-refractivity contribution in [1.29, 1.82) is 0 Å². The zero-order chi connectivity index (χ0) is 10.6. The Kier molecular flexibility index (Phi) is 4.32. The van der Waals surface area contributed by atoms with Crippen molar-refractivity contribution in [2.45, 2.75) is 20.3 Å². The summed E-state index contributed by atoms with van der Waals surface area (Å²) < 4.78 is 17.8. The fourth-order valence-electron chi connectivity index (χ4n) is 2.21. The average molecular weight is 203 g/mol. The van der Waals surface area contributed by atoms with Crippen molar-refractivity contribution >= 4 is 0 Å². The summed E-state index contributed by atoms with van der Waals surface area (Å²) in [6.45, 7) is 7.90. The fraction of sp³-hybridized carbons (Fsp3) is 1.00. The molecule has 0 aliphatic carbocycles. The second-order valence-corrected chi connectivity index (χ2v) is 4.90. The number of likely N-dealkylation sites (tertiary alicyclic amines) is 1. The van der Waals surface area contributed by atoms with Gasteiger partial charge in [0.25, 0.3) is 0 Å². The molecule has 0 unspecified atom stereocenters. The van der Waals surface area contributed by atoms with Gasteiger partial charge in [0.15, 0.2) is 0 Å². The van der Waals surface area contributed by atoms with Gasteiger partial charge in [0.05, 0.1) is 13.3 Å². The molecule has 0 N–H and O–H groups in total. The number of rotatable bonds is 4. The van der Waals surface area contributed by atoms with Crippen molar-refractivity contribution in [3.05, 3.63) is 0 Å². The normalized spacial score (nSPS) is 27.9. The molecule has 1 heterocycles. The molecule has 0 spiro atoms. The van der Waals surface area contributed by atoms with Gasteiger partial charge >= 0.3 is 0 Å². The van der Waals surface area contributed by atoms with Crippen molar-refractivity contribution in [1.82, 2.24) is 4.90 Å². The fourth-order valence-corrected chi connectivity index (χ4v) is 2.21. The predicted molar refractivity (Wildman–Crippen MR) is 56.2 cm³/mol. The highest BCUT2D eigenvalue weighted by atomic mass is 19.1. The van der Waals surface area contributed by atoms with Crippen LogP contribution in [0, 0.1) is 11.3 Å². The van der Waals surface area contributed by atoms with Gasteiger partial charge in [-0.3, -0.25) is 4.39 Å². The lowest BCUT2D eigenvalue weighted by Gasteiger charge is -2.43. The molecular formula is C11H22FNO. The number of hydrogen-bond donors (Lipinski definition) is 0. The molecule has 1 atom stereocenters. The first-order valence-electron chi connectivity index (χ1n) is 5.37. The number of methoxy groups -OCH3 is 1. The smallest absolute Gasteiger partial charge is 0.0928 e. The summed E-state index contributed by atoms with van der Waals surface area (Å²) in [6, 6.07) is 0. The molecule has 1 fully saturated rings. The Bertz CT molecular complexity index is 173. The van der Waals surface area contributed by atoms with E-state index in [-0.39, 0.29) is 18.0 Å². The lowest BCUT2D eigenvalue weighted by atomic mass is 9.74. The van der Waals surface area contributed by atoms with Crippen LogP contribution >= 0.6 is 0 Å². The minimum atomic E-state index is -0.175. The topological polar surface area (TPSA) is 12.5 Å². The van der Waals surface area contributed by atoms with E-state index >= 15 is 0 Å². The van der Waals surface area contributed by atoms with Crippen LogP contribution in [0.4, 0.5) is 4.39 Å². The Balaban J connectivity index is 2.41. The number of hydrogen-bond acceptors (Lipinski definition) is 2. The van der Waals surface area contributed by atoms with E-state index in [0.29, 0.717) is 0 Å². The van der Waals surface area contributed by atoms with Gasteiger partial charge in [-0.15, -0.1) is 0 Å². The Labute approximate surface area is 86.4 Å². The summed E-state index contributed by atoms with van der Waals surface area (Å²) in [7, 11) is 1.72. The van der Waals surface area contributed by atoms with Crippen LogP contribution in [-0.2, 0) is 4.74 Å². The first kappa shape index (κ1) is 11.9. The van der Waals surface area contributed by atoms with Gasteiger partial charge in [0, 0.05) is 20.2 Å². The molecule has 1 aliphatic rings. The summed E-state index contributed by atoms with van der Waals surface area (Å²) in [6.07, 6.45) is 0.979. The molecule has 0 radical (unpaired) electrons. The number of alkyl halides is 1. The van der Waals surface area contributed by atoms with Crippen LogP contribution in [0.3, 0.4) is 0 Å². The van der Waals surface area contributed by atoms with Crippen molar-refractivity contribution in [3.63, 3.8) is 0 Å². The minimum Gasteiger partial charge on any atom is -0.383 e. The van der Waals surface area contributed by atoms with Crippen LogP contribution in [0.15, 0.2) is 0 Å². The van der Waals surface area contributed by atoms with E-state index in [0.717, 1.165) is 32.7 Å². The van der Waals surface area contributed by atoms with Crippen molar-refractivity contribution in [2.75, 3.05) is 40.0 Å². The maximum Gasteiger partial charge on any atom is 0.0928 e. The van der Waals surface area contributed by atoms with Crippen LogP contribution in [-0.4, -0.2) is 44.9 Å². The van der Waals surface area contributed by atoms with Gasteiger partial charge in [0.1, 0.15) is 0 Å². The maximum atomic E-state index is 12.7. The van der Waals surface area contributed by atoms with Gasteiger partial charge < -0.3 is 9.64 Å². The van der Waals surface area contributed by atoms with Crippen LogP contribution in [0.2, 0.25) is 0 Å². The Morgan fingerprint density at radius 2 is 2.21 bits per heavy atom. The third kappa shape index (κ3) is 2.92. The molecule has 84 valence electrons. The largest absolute Gasteiger partial charge is 0.383 e. The average Bonchev–Trinajstić information content (AvgIpc) is 2.13. The summed E-state index contributed by atoms with van der Waals surface area (Å²) in [5, 5.41) is 0. The van der Waals surface area contributed by atoms with E-state index in [1.165, 1.54) is 0 Å². The van der Waals surface area contributed by atoms with Crippen molar-refractivity contribution in [3.8, 4) is 0 Å². The van der Waals surface area contributed by atoms with E-state index in [9.17, 15) is 4.39 Å². The third-order valence-electron chi connectivity index (χ3n) is 3.33. The Morgan fingerprint density at radius 3 is 2.71 bits per heavy atom. The SMILES string of the molecule is COCCN1CC[C@H](CF)C(C)(C)C1. The maximum absolute atomic E-state index is 12.7. The van der Waals surface area contributed by atoms with Crippen LogP contribution in [0.5, 0.6) is 0 Å². The minimum absolute atomic E-state index is 0.112. The molecule has 1 saturated heterocycles. The van der Waals surface area contributed by atoms with Crippen LogP contribution in [0.25, 0.3) is 0 Å². The molecule has 1 aliphatic heterocycles. The van der Waals surface area contributed by atoms with Crippen LogP contribution in [0.1, 0.15) is 20.3 Å². The van der Waals surface area contributed by atoms with Crippen molar-refractivity contribution < 1.29 is 9.13 Å². The number of ether oxygens (including phenoxy) is 1. The highest BCUT2D eigenvalue weighted by molar-refractivity contribution is 4.86. The van der Waals surface area contributed by atoms with E-state index < -0.39 is 0 Å². The molecule has 1 rings (SSSR count). The summed E-state index contributed by atoms with van der Waals surface area (Å²) in [5.41, 5.74) is 0.112. The zero-order valence-electron chi connectivity index (χ0n) is 9.55. The van der Waals surface area contributed by atoms with E-state index in [1.54, 1.807) is 7.11 Å². The second-order valence-electron chi connectivity index (χ2n) is 4.90.